The molecule has 1 saturated carbocycles. The first-order valence-corrected chi connectivity index (χ1v) is 8.68. The van der Waals surface area contributed by atoms with Crippen LogP contribution in [0.4, 0.5) is 0 Å². The van der Waals surface area contributed by atoms with Crippen LogP contribution in [0.15, 0.2) is 18.2 Å². The summed E-state index contributed by atoms with van der Waals surface area (Å²) in [6, 6.07) is 5.40. The van der Waals surface area contributed by atoms with Crippen molar-refractivity contribution in [2.24, 2.45) is 5.92 Å². The molecular formula is C14H18Cl2OS. The van der Waals surface area contributed by atoms with E-state index in [2.05, 4.69) is 0 Å². The third kappa shape index (κ3) is 4.25. The molecule has 1 atom stereocenters. The lowest BCUT2D eigenvalue weighted by Gasteiger charge is -2.20. The second-order valence-corrected chi connectivity index (χ2v) is 7.34. The van der Waals surface area contributed by atoms with Gasteiger partial charge in [0.25, 0.3) is 0 Å². The maximum absolute atomic E-state index is 12.1. The quantitative estimate of drug-likeness (QED) is 0.779. The van der Waals surface area contributed by atoms with Crippen molar-refractivity contribution in [2.75, 3.05) is 5.75 Å². The number of halogens is 2. The fraction of sp³-hybridized carbons (Fsp3) is 0.571. The van der Waals surface area contributed by atoms with Gasteiger partial charge in [0.05, 0.1) is 5.75 Å². The highest BCUT2D eigenvalue weighted by atomic mass is 35.5. The lowest BCUT2D eigenvalue weighted by atomic mass is 9.91. The molecule has 0 saturated heterocycles. The third-order valence-electron chi connectivity index (χ3n) is 3.48. The van der Waals surface area contributed by atoms with E-state index < -0.39 is 10.8 Å². The van der Waals surface area contributed by atoms with Gasteiger partial charge in [-0.15, -0.1) is 0 Å². The zero-order chi connectivity index (χ0) is 13.0. The Morgan fingerprint density at radius 3 is 2.56 bits per heavy atom. The van der Waals surface area contributed by atoms with E-state index in [1.54, 1.807) is 12.1 Å². The largest absolute Gasteiger partial charge is 0.259 e. The van der Waals surface area contributed by atoms with Crippen molar-refractivity contribution in [1.82, 2.24) is 0 Å². The van der Waals surface area contributed by atoms with Crippen LogP contribution in [0.1, 0.15) is 37.7 Å². The summed E-state index contributed by atoms with van der Waals surface area (Å²) in [7, 11) is -0.813. The molecule has 0 bridgehead atoms. The molecule has 1 aromatic rings. The van der Waals surface area contributed by atoms with Crippen LogP contribution >= 0.6 is 23.2 Å². The molecule has 18 heavy (non-hydrogen) atoms. The molecule has 100 valence electrons. The van der Waals surface area contributed by atoms with Gasteiger partial charge in [0, 0.05) is 26.6 Å². The monoisotopic (exact) mass is 304 g/mol. The molecular weight excluding hydrogens is 287 g/mol. The number of rotatable bonds is 4. The maximum atomic E-state index is 12.1. The van der Waals surface area contributed by atoms with Crippen LogP contribution in [0, 0.1) is 5.92 Å². The van der Waals surface area contributed by atoms with Crippen LogP contribution in [0.3, 0.4) is 0 Å². The summed E-state index contributed by atoms with van der Waals surface area (Å²) in [4.78, 5) is 0. The first kappa shape index (κ1) is 14.4. The average molecular weight is 305 g/mol. The Kier molecular flexibility index (Phi) is 5.53. The molecule has 0 aromatic heterocycles. The van der Waals surface area contributed by atoms with Crippen LogP contribution in [0.5, 0.6) is 0 Å². The van der Waals surface area contributed by atoms with E-state index in [1.807, 2.05) is 6.07 Å². The molecule has 4 heteroatoms. The molecule has 0 spiro atoms. The van der Waals surface area contributed by atoms with E-state index in [0.717, 1.165) is 11.3 Å². The summed E-state index contributed by atoms with van der Waals surface area (Å²) < 4.78 is 12.1. The minimum absolute atomic E-state index is 0.548. The van der Waals surface area contributed by atoms with Gasteiger partial charge in [-0.05, 0) is 36.5 Å². The number of benzene rings is 1. The lowest BCUT2D eigenvalue weighted by Crippen LogP contribution is -2.15. The van der Waals surface area contributed by atoms with Gasteiger partial charge in [-0.3, -0.25) is 4.21 Å². The van der Waals surface area contributed by atoms with E-state index >= 15 is 0 Å². The molecule has 1 nitrogen and oxygen atoms in total. The Morgan fingerprint density at radius 2 is 1.89 bits per heavy atom. The fourth-order valence-electron chi connectivity index (χ4n) is 2.49. The van der Waals surface area contributed by atoms with E-state index in [4.69, 9.17) is 23.2 Å². The molecule has 0 heterocycles. The molecule has 1 aromatic carbocycles. The molecule has 0 N–H and O–H groups in total. The first-order valence-electron chi connectivity index (χ1n) is 6.44. The second kappa shape index (κ2) is 6.93. The van der Waals surface area contributed by atoms with Crippen LogP contribution < -0.4 is 0 Å². The van der Waals surface area contributed by atoms with E-state index in [-0.39, 0.29) is 0 Å². The fourth-order valence-corrected chi connectivity index (χ4v) is 4.62. The van der Waals surface area contributed by atoms with Crippen molar-refractivity contribution in [2.45, 2.75) is 37.9 Å². The lowest BCUT2D eigenvalue weighted by molar-refractivity contribution is 0.388. The van der Waals surface area contributed by atoms with Crippen molar-refractivity contribution in [3.05, 3.63) is 33.8 Å². The maximum Gasteiger partial charge on any atom is 0.0500 e. The SMILES string of the molecule is O=S(Cc1ccc(Cl)cc1Cl)CC1CCCCC1. The Morgan fingerprint density at radius 1 is 1.17 bits per heavy atom. The first-order chi connectivity index (χ1) is 8.65. The zero-order valence-corrected chi connectivity index (χ0v) is 12.7. The van der Waals surface area contributed by atoms with Gasteiger partial charge in [-0.2, -0.15) is 0 Å². The molecule has 0 amide bonds. The number of hydrogen-bond acceptors (Lipinski definition) is 1. The van der Waals surface area contributed by atoms with Crippen molar-refractivity contribution in [3.8, 4) is 0 Å². The highest BCUT2D eigenvalue weighted by molar-refractivity contribution is 7.84. The van der Waals surface area contributed by atoms with Crippen molar-refractivity contribution in [3.63, 3.8) is 0 Å². The van der Waals surface area contributed by atoms with Gasteiger partial charge in [0.2, 0.25) is 0 Å². The minimum Gasteiger partial charge on any atom is -0.259 e. The third-order valence-corrected chi connectivity index (χ3v) is 5.54. The highest BCUT2D eigenvalue weighted by Crippen LogP contribution is 2.26. The molecule has 0 radical (unpaired) electrons. The molecule has 1 fully saturated rings. The van der Waals surface area contributed by atoms with Gasteiger partial charge in [0.15, 0.2) is 0 Å². The average Bonchev–Trinajstić information content (AvgIpc) is 2.34. The predicted octanol–water partition coefficient (Wildman–Crippen LogP) is 4.82. The van der Waals surface area contributed by atoms with Gasteiger partial charge in [-0.1, -0.05) is 48.5 Å². The van der Waals surface area contributed by atoms with Crippen molar-refractivity contribution >= 4 is 34.0 Å². The highest BCUT2D eigenvalue weighted by Gasteiger charge is 2.17. The zero-order valence-electron chi connectivity index (χ0n) is 10.3. The smallest absolute Gasteiger partial charge is 0.0500 e. The normalized spacial score (nSPS) is 18.8. The van der Waals surface area contributed by atoms with Gasteiger partial charge < -0.3 is 0 Å². The molecule has 1 unspecified atom stereocenters. The summed E-state index contributed by atoms with van der Waals surface area (Å²) >= 11 is 11.9. The topological polar surface area (TPSA) is 17.1 Å². The standard InChI is InChI=1S/C14H18Cl2OS/c15-13-7-6-12(14(16)8-13)10-18(17)9-11-4-2-1-3-5-11/h6-8,11H,1-5,9-10H2. The summed E-state index contributed by atoms with van der Waals surface area (Å²) in [6.45, 7) is 0. The molecule has 0 aliphatic heterocycles. The summed E-state index contributed by atoms with van der Waals surface area (Å²) in [5, 5.41) is 1.25. The van der Waals surface area contributed by atoms with Crippen molar-refractivity contribution in [1.29, 1.82) is 0 Å². The van der Waals surface area contributed by atoms with Crippen LogP contribution in [-0.2, 0) is 16.6 Å². The van der Waals surface area contributed by atoms with Crippen LogP contribution in [0.25, 0.3) is 0 Å². The summed E-state index contributed by atoms with van der Waals surface area (Å²) in [5.74, 6) is 2.01. The minimum atomic E-state index is -0.813. The van der Waals surface area contributed by atoms with Crippen molar-refractivity contribution < 1.29 is 4.21 Å². The summed E-state index contributed by atoms with van der Waals surface area (Å²) in [6.07, 6.45) is 6.40. The Balaban J connectivity index is 1.90. The van der Waals surface area contributed by atoms with Crippen LogP contribution in [0.2, 0.25) is 10.0 Å². The Labute approximate surface area is 121 Å². The second-order valence-electron chi connectivity index (χ2n) is 4.99. The Hall–Kier alpha value is -0.0500. The summed E-state index contributed by atoms with van der Waals surface area (Å²) in [5.41, 5.74) is 0.940. The van der Waals surface area contributed by atoms with Crippen LogP contribution in [-0.4, -0.2) is 9.96 Å². The molecule has 1 aliphatic carbocycles. The van der Waals surface area contributed by atoms with Gasteiger partial charge >= 0.3 is 0 Å². The van der Waals surface area contributed by atoms with E-state index in [0.29, 0.717) is 21.7 Å². The predicted molar refractivity (Wildman–Crippen MR) is 79.8 cm³/mol. The molecule has 1 aliphatic rings. The molecule has 2 rings (SSSR count). The van der Waals surface area contributed by atoms with Gasteiger partial charge in [0.1, 0.15) is 0 Å². The van der Waals surface area contributed by atoms with Gasteiger partial charge in [-0.25, -0.2) is 0 Å². The van der Waals surface area contributed by atoms with E-state index in [9.17, 15) is 4.21 Å². The number of hydrogen-bond donors (Lipinski definition) is 0. The Bertz CT molecular complexity index is 428. The van der Waals surface area contributed by atoms with E-state index in [1.165, 1.54) is 32.1 Å².